The van der Waals surface area contributed by atoms with Crippen molar-refractivity contribution < 1.29 is 23.9 Å². The third-order valence-corrected chi connectivity index (χ3v) is 4.40. The minimum Gasteiger partial charge on any atom is -0.454 e. The molecule has 1 fully saturated rings. The Labute approximate surface area is 145 Å². The number of hydrogen-bond acceptors (Lipinski definition) is 5. The number of benzene rings is 1. The van der Waals surface area contributed by atoms with Crippen LogP contribution in [-0.2, 0) is 20.9 Å². The minimum atomic E-state index is -0.169. The first-order valence-electron chi connectivity index (χ1n) is 8.18. The highest BCUT2D eigenvalue weighted by Gasteiger charge is 2.23. The second kappa shape index (κ2) is 7.42. The summed E-state index contributed by atoms with van der Waals surface area (Å²) in [5.74, 6) is 1.05. The number of amides is 3. The topological polar surface area (TPSA) is 79.4 Å². The first kappa shape index (κ1) is 17.1. The van der Waals surface area contributed by atoms with Gasteiger partial charge in [-0.25, -0.2) is 0 Å². The summed E-state index contributed by atoms with van der Waals surface area (Å²) in [5.41, 5.74) is 0.873. The molecule has 2 aliphatic heterocycles. The molecular formula is C17H21N3O5. The molecule has 8 heteroatoms. The van der Waals surface area contributed by atoms with Gasteiger partial charge >= 0.3 is 0 Å². The Hall–Kier alpha value is -2.77. The molecule has 2 aliphatic rings. The van der Waals surface area contributed by atoms with Gasteiger partial charge in [-0.3, -0.25) is 14.4 Å². The number of fused-ring (bicyclic) bond motifs is 1. The highest BCUT2D eigenvalue weighted by molar-refractivity contribution is 5.84. The first-order chi connectivity index (χ1) is 12.1. The maximum atomic E-state index is 12.5. The molecule has 0 saturated carbocycles. The fourth-order valence-corrected chi connectivity index (χ4v) is 2.88. The Morgan fingerprint density at radius 3 is 2.56 bits per heavy atom. The molecule has 0 unspecified atom stereocenters. The van der Waals surface area contributed by atoms with Gasteiger partial charge in [-0.05, 0) is 17.7 Å². The summed E-state index contributed by atoms with van der Waals surface area (Å²) < 4.78 is 10.6. The summed E-state index contributed by atoms with van der Waals surface area (Å²) in [6.07, 6.45) is 0.795. The van der Waals surface area contributed by atoms with E-state index in [4.69, 9.17) is 9.47 Å². The second-order valence-electron chi connectivity index (χ2n) is 6.08. The zero-order valence-electron chi connectivity index (χ0n) is 14.1. The molecule has 2 heterocycles. The molecule has 0 aromatic heterocycles. The molecule has 3 amide bonds. The van der Waals surface area contributed by atoms with Crippen LogP contribution in [0.5, 0.6) is 11.5 Å². The number of carbonyl (C=O) groups excluding carboxylic acids is 3. The quantitative estimate of drug-likeness (QED) is 0.704. The Morgan fingerprint density at radius 1 is 1.16 bits per heavy atom. The van der Waals surface area contributed by atoms with E-state index < -0.39 is 0 Å². The zero-order valence-corrected chi connectivity index (χ0v) is 14.1. The molecule has 0 atom stereocenters. The van der Waals surface area contributed by atoms with E-state index in [0.717, 1.165) is 12.0 Å². The predicted octanol–water partition coefficient (Wildman–Crippen LogP) is 0.0644. The van der Waals surface area contributed by atoms with E-state index >= 15 is 0 Å². The van der Waals surface area contributed by atoms with Gasteiger partial charge in [0.05, 0.1) is 0 Å². The Kier molecular flexibility index (Phi) is 5.06. The average Bonchev–Trinajstić information content (AvgIpc) is 3.08. The summed E-state index contributed by atoms with van der Waals surface area (Å²) in [6.45, 7) is 4.03. The van der Waals surface area contributed by atoms with Crippen molar-refractivity contribution in [3.8, 4) is 11.5 Å². The Bertz CT molecular complexity index is 670. The molecule has 0 radical (unpaired) electrons. The number of ether oxygens (including phenoxy) is 2. The second-order valence-corrected chi connectivity index (χ2v) is 6.08. The van der Waals surface area contributed by atoms with Crippen LogP contribution in [0.15, 0.2) is 18.2 Å². The van der Waals surface area contributed by atoms with Crippen molar-refractivity contribution in [1.82, 2.24) is 14.7 Å². The maximum Gasteiger partial charge on any atom is 0.242 e. The van der Waals surface area contributed by atoms with Crippen LogP contribution < -0.4 is 9.47 Å². The van der Waals surface area contributed by atoms with Gasteiger partial charge in [0.15, 0.2) is 11.5 Å². The summed E-state index contributed by atoms with van der Waals surface area (Å²) >= 11 is 0. The molecule has 25 heavy (non-hydrogen) atoms. The summed E-state index contributed by atoms with van der Waals surface area (Å²) in [5, 5.41) is 0. The molecule has 0 bridgehead atoms. The lowest BCUT2D eigenvalue weighted by molar-refractivity contribution is -0.141. The third kappa shape index (κ3) is 4.01. The van der Waals surface area contributed by atoms with Crippen LogP contribution in [0.3, 0.4) is 0 Å². The summed E-state index contributed by atoms with van der Waals surface area (Å²) in [7, 11) is 0. The van der Waals surface area contributed by atoms with Crippen LogP contribution in [-0.4, -0.2) is 72.4 Å². The number of carbonyl (C=O) groups is 3. The molecule has 0 N–H and O–H groups in total. The fraction of sp³-hybridized carbons (Fsp3) is 0.471. The van der Waals surface area contributed by atoms with Gasteiger partial charge in [0.2, 0.25) is 25.0 Å². The van der Waals surface area contributed by atoms with Crippen molar-refractivity contribution in [2.45, 2.75) is 13.5 Å². The lowest BCUT2D eigenvalue weighted by atomic mass is 10.2. The van der Waals surface area contributed by atoms with Crippen LogP contribution in [0, 0.1) is 0 Å². The highest BCUT2D eigenvalue weighted by atomic mass is 16.7. The molecule has 134 valence electrons. The van der Waals surface area contributed by atoms with Gasteiger partial charge in [0.1, 0.15) is 6.54 Å². The van der Waals surface area contributed by atoms with Crippen LogP contribution in [0.25, 0.3) is 0 Å². The Balaban J connectivity index is 1.60. The highest BCUT2D eigenvalue weighted by Crippen LogP contribution is 2.32. The van der Waals surface area contributed by atoms with Crippen molar-refractivity contribution in [1.29, 1.82) is 0 Å². The molecule has 8 nitrogen and oxygen atoms in total. The third-order valence-electron chi connectivity index (χ3n) is 4.40. The summed E-state index contributed by atoms with van der Waals surface area (Å²) in [6, 6.07) is 5.48. The molecule has 1 aromatic rings. The number of rotatable bonds is 5. The minimum absolute atomic E-state index is 0.0187. The van der Waals surface area contributed by atoms with E-state index in [1.54, 1.807) is 15.9 Å². The molecule has 3 rings (SSSR count). The fourth-order valence-electron chi connectivity index (χ4n) is 2.88. The Morgan fingerprint density at radius 2 is 1.88 bits per heavy atom. The predicted molar refractivity (Wildman–Crippen MR) is 87.9 cm³/mol. The molecule has 0 spiro atoms. The van der Waals surface area contributed by atoms with Crippen molar-refractivity contribution in [2.24, 2.45) is 0 Å². The molecule has 1 saturated heterocycles. The average molecular weight is 347 g/mol. The van der Waals surface area contributed by atoms with Gasteiger partial charge in [0.25, 0.3) is 0 Å². The van der Waals surface area contributed by atoms with Crippen molar-refractivity contribution >= 4 is 18.2 Å². The lowest BCUT2D eigenvalue weighted by Crippen LogP contribution is -2.51. The molecular weight excluding hydrogens is 326 g/mol. The SMILES string of the molecule is CC(=O)N(CC(=O)N1CCN(C=O)CC1)Cc1ccc2c(c1)OCO2. The molecule has 0 aliphatic carbocycles. The smallest absolute Gasteiger partial charge is 0.242 e. The van der Waals surface area contributed by atoms with E-state index in [2.05, 4.69) is 0 Å². The van der Waals surface area contributed by atoms with Crippen LogP contribution in [0.2, 0.25) is 0 Å². The van der Waals surface area contributed by atoms with E-state index in [-0.39, 0.29) is 25.2 Å². The molecule has 1 aromatic carbocycles. The standard InChI is InChI=1S/C17H21N3O5/c1-13(22)20(9-14-2-3-15-16(8-14)25-12-24-15)10-17(23)19-6-4-18(11-21)5-7-19/h2-3,8,11H,4-7,9-10,12H2,1H3. The van der Waals surface area contributed by atoms with Gasteiger partial charge in [-0.15, -0.1) is 0 Å². The van der Waals surface area contributed by atoms with Crippen LogP contribution in [0.1, 0.15) is 12.5 Å². The van der Waals surface area contributed by atoms with E-state index in [1.165, 1.54) is 11.8 Å². The first-order valence-corrected chi connectivity index (χ1v) is 8.18. The van der Waals surface area contributed by atoms with Gasteiger partial charge in [0, 0.05) is 39.6 Å². The summed E-state index contributed by atoms with van der Waals surface area (Å²) in [4.78, 5) is 40.0. The largest absolute Gasteiger partial charge is 0.454 e. The van der Waals surface area contributed by atoms with E-state index in [1.807, 2.05) is 12.1 Å². The number of hydrogen-bond donors (Lipinski definition) is 0. The van der Waals surface area contributed by atoms with Gasteiger partial charge in [-0.2, -0.15) is 0 Å². The normalized spacial score (nSPS) is 15.9. The lowest BCUT2D eigenvalue weighted by Gasteiger charge is -2.34. The van der Waals surface area contributed by atoms with Gasteiger partial charge in [-0.1, -0.05) is 6.07 Å². The van der Waals surface area contributed by atoms with Crippen molar-refractivity contribution in [3.05, 3.63) is 23.8 Å². The maximum absolute atomic E-state index is 12.5. The van der Waals surface area contributed by atoms with Gasteiger partial charge < -0.3 is 24.2 Å². The van der Waals surface area contributed by atoms with E-state index in [9.17, 15) is 14.4 Å². The van der Waals surface area contributed by atoms with Crippen molar-refractivity contribution in [3.63, 3.8) is 0 Å². The van der Waals surface area contributed by atoms with Crippen molar-refractivity contribution in [2.75, 3.05) is 39.5 Å². The zero-order chi connectivity index (χ0) is 17.8. The number of piperazine rings is 1. The number of nitrogens with zero attached hydrogens (tertiary/aromatic N) is 3. The van der Waals surface area contributed by atoms with Crippen LogP contribution in [0.4, 0.5) is 0 Å². The van der Waals surface area contributed by atoms with Crippen LogP contribution >= 0.6 is 0 Å². The monoisotopic (exact) mass is 347 g/mol. The van der Waals surface area contributed by atoms with E-state index in [0.29, 0.717) is 44.2 Å².